The summed E-state index contributed by atoms with van der Waals surface area (Å²) in [5, 5.41) is 20.0. The monoisotopic (exact) mass is 666 g/mol. The number of pyridine rings is 1. The van der Waals surface area contributed by atoms with E-state index in [9.17, 15) is 29.5 Å². The molecule has 0 aromatic carbocycles. The third-order valence-corrected chi connectivity index (χ3v) is 6.89. The SMILES string of the molecule is CC(C)(C)OC(=O)CN1CCN(CC(=O)OC(C)(C)C)CCN(Cc2cc(C(=O)O)cc[n+]2O)CCN(CC(=O)OC(C)(C)C)CC1. The lowest BCUT2D eigenvalue weighted by molar-refractivity contribution is -0.910. The molecule has 0 bridgehead atoms. The van der Waals surface area contributed by atoms with Gasteiger partial charge in [-0.3, -0.25) is 39.2 Å². The van der Waals surface area contributed by atoms with Crippen LogP contribution in [0, 0.1) is 0 Å². The van der Waals surface area contributed by atoms with Crippen molar-refractivity contribution in [1.82, 2.24) is 19.6 Å². The van der Waals surface area contributed by atoms with Crippen LogP contribution in [-0.4, -0.2) is 143 Å². The van der Waals surface area contributed by atoms with Gasteiger partial charge in [0, 0.05) is 69.2 Å². The van der Waals surface area contributed by atoms with Gasteiger partial charge in [-0.25, -0.2) is 4.79 Å². The fraction of sp³-hybridized carbons (Fsp3) is 0.727. The summed E-state index contributed by atoms with van der Waals surface area (Å²) in [6.07, 6.45) is 1.29. The summed E-state index contributed by atoms with van der Waals surface area (Å²) < 4.78 is 17.7. The molecule has 0 unspecified atom stereocenters. The first kappa shape index (κ1) is 39.8. The van der Waals surface area contributed by atoms with Crippen LogP contribution in [-0.2, 0) is 35.1 Å². The van der Waals surface area contributed by atoms with Gasteiger partial charge in [-0.1, -0.05) is 0 Å². The first-order chi connectivity index (χ1) is 21.6. The number of ether oxygens (including phenoxy) is 3. The van der Waals surface area contributed by atoms with Crippen molar-refractivity contribution >= 4 is 23.9 Å². The van der Waals surface area contributed by atoms with E-state index in [4.69, 9.17) is 14.2 Å². The van der Waals surface area contributed by atoms with Gasteiger partial charge >= 0.3 is 23.9 Å². The Bertz CT molecular complexity index is 1170. The van der Waals surface area contributed by atoms with Crippen LogP contribution in [0.25, 0.3) is 0 Å². The Labute approximate surface area is 279 Å². The molecule has 266 valence electrons. The molecule has 0 aliphatic carbocycles. The Balaban J connectivity index is 2.37. The van der Waals surface area contributed by atoms with E-state index in [1.807, 2.05) is 81.9 Å². The summed E-state index contributed by atoms with van der Waals surface area (Å²) in [5.74, 6) is -2.22. The van der Waals surface area contributed by atoms with Crippen molar-refractivity contribution in [2.75, 3.05) is 72.0 Å². The van der Waals surface area contributed by atoms with Crippen LogP contribution in [0.15, 0.2) is 18.3 Å². The maximum Gasteiger partial charge on any atom is 0.336 e. The fourth-order valence-corrected chi connectivity index (χ4v) is 4.90. The van der Waals surface area contributed by atoms with Crippen LogP contribution in [0.3, 0.4) is 0 Å². The molecule has 2 N–H and O–H groups in total. The van der Waals surface area contributed by atoms with Crippen molar-refractivity contribution < 1.29 is 48.4 Å². The number of hydrogen-bond donors (Lipinski definition) is 2. The van der Waals surface area contributed by atoms with E-state index in [1.54, 1.807) is 0 Å². The summed E-state index contributed by atoms with van der Waals surface area (Å²) in [6.45, 7) is 20.2. The first-order valence-electron chi connectivity index (χ1n) is 16.1. The number of carboxylic acid groups (broad SMARTS) is 1. The predicted octanol–water partition coefficient (Wildman–Crippen LogP) is 1.66. The van der Waals surface area contributed by atoms with E-state index in [2.05, 4.69) is 0 Å². The van der Waals surface area contributed by atoms with E-state index >= 15 is 0 Å². The quantitative estimate of drug-likeness (QED) is 0.170. The predicted molar refractivity (Wildman–Crippen MR) is 173 cm³/mol. The molecule has 47 heavy (non-hydrogen) atoms. The summed E-state index contributed by atoms with van der Waals surface area (Å²) in [7, 11) is 0. The minimum atomic E-state index is -1.11. The number of nitrogens with zero attached hydrogens (tertiary/aromatic N) is 5. The highest BCUT2D eigenvalue weighted by Gasteiger charge is 2.27. The second kappa shape index (κ2) is 17.2. The average Bonchev–Trinajstić information content (AvgIpc) is 2.87. The number of carboxylic acids is 1. The molecule has 1 aliphatic rings. The molecule has 2 heterocycles. The van der Waals surface area contributed by atoms with Crippen molar-refractivity contribution in [1.29, 1.82) is 0 Å². The molecule has 0 radical (unpaired) electrons. The Morgan fingerprint density at radius 1 is 0.638 bits per heavy atom. The molecule has 1 aliphatic heterocycles. The molecule has 1 saturated heterocycles. The van der Waals surface area contributed by atoms with Crippen molar-refractivity contribution in [3.63, 3.8) is 0 Å². The van der Waals surface area contributed by atoms with Crippen molar-refractivity contribution in [2.45, 2.75) is 85.7 Å². The second-order valence-electron chi connectivity index (χ2n) is 14.9. The maximum atomic E-state index is 12.9. The smallest absolute Gasteiger partial charge is 0.336 e. The van der Waals surface area contributed by atoms with Gasteiger partial charge < -0.3 is 19.3 Å². The maximum absolute atomic E-state index is 12.9. The number of esters is 3. The highest BCUT2D eigenvalue weighted by molar-refractivity contribution is 5.87. The van der Waals surface area contributed by atoms with Crippen LogP contribution in [0.2, 0.25) is 0 Å². The Morgan fingerprint density at radius 3 is 1.26 bits per heavy atom. The van der Waals surface area contributed by atoms with Gasteiger partial charge in [0.1, 0.15) is 16.8 Å². The van der Waals surface area contributed by atoms with Crippen LogP contribution >= 0.6 is 0 Å². The van der Waals surface area contributed by atoms with Gasteiger partial charge in [0.05, 0.1) is 31.7 Å². The summed E-state index contributed by atoms with van der Waals surface area (Å²) >= 11 is 0. The zero-order chi connectivity index (χ0) is 35.6. The Hall–Kier alpha value is -3.33. The lowest BCUT2D eigenvalue weighted by Crippen LogP contribution is -2.50. The molecule has 0 spiro atoms. The van der Waals surface area contributed by atoms with Crippen LogP contribution in [0.1, 0.15) is 78.4 Å². The van der Waals surface area contributed by atoms with Crippen LogP contribution < -0.4 is 4.73 Å². The number of aromatic carboxylic acids is 1. The first-order valence-corrected chi connectivity index (χ1v) is 16.1. The number of hydrogen-bond acceptors (Lipinski definition) is 12. The second-order valence-corrected chi connectivity index (χ2v) is 14.9. The molecule has 14 heteroatoms. The molecule has 2 rings (SSSR count). The summed E-state index contributed by atoms with van der Waals surface area (Å²) in [5.41, 5.74) is -1.53. The van der Waals surface area contributed by atoms with Crippen molar-refractivity contribution in [3.8, 4) is 0 Å². The molecule has 0 atom stereocenters. The van der Waals surface area contributed by atoms with Crippen molar-refractivity contribution in [2.24, 2.45) is 0 Å². The lowest BCUT2D eigenvalue weighted by Gasteiger charge is -2.34. The van der Waals surface area contributed by atoms with Gasteiger partial charge in [-0.05, 0) is 62.3 Å². The molecular formula is C33H56N5O9+. The molecule has 1 aromatic rings. The minimum absolute atomic E-state index is 0.0324. The molecule has 1 aromatic heterocycles. The normalized spacial score (nSPS) is 17.3. The highest BCUT2D eigenvalue weighted by Crippen LogP contribution is 2.12. The third kappa shape index (κ3) is 16.9. The topological polar surface area (TPSA) is 153 Å². The Kier molecular flexibility index (Phi) is 14.6. The van der Waals surface area contributed by atoms with Gasteiger partial charge in [0.15, 0.2) is 0 Å². The average molecular weight is 667 g/mol. The fourth-order valence-electron chi connectivity index (χ4n) is 4.90. The van der Waals surface area contributed by atoms with Gasteiger partial charge in [-0.15, -0.1) is 0 Å². The molecule has 14 nitrogen and oxygen atoms in total. The number of carbonyl (C=O) groups is 4. The summed E-state index contributed by atoms with van der Waals surface area (Å²) in [6, 6.07) is 2.74. The van der Waals surface area contributed by atoms with Crippen LogP contribution in [0.5, 0.6) is 0 Å². The molecule has 0 saturated carbocycles. The molecule has 0 amide bonds. The van der Waals surface area contributed by atoms with Crippen molar-refractivity contribution in [3.05, 3.63) is 29.6 Å². The van der Waals surface area contributed by atoms with E-state index in [0.717, 1.165) is 4.73 Å². The van der Waals surface area contributed by atoms with Gasteiger partial charge in [0.2, 0.25) is 11.9 Å². The van der Waals surface area contributed by atoms with E-state index in [0.29, 0.717) is 58.1 Å². The number of carbonyl (C=O) groups excluding carboxylic acids is 3. The van der Waals surface area contributed by atoms with E-state index < -0.39 is 22.8 Å². The van der Waals surface area contributed by atoms with E-state index in [1.165, 1.54) is 18.3 Å². The lowest BCUT2D eigenvalue weighted by atomic mass is 10.2. The zero-order valence-corrected chi connectivity index (χ0v) is 29.7. The number of aromatic nitrogens is 1. The third-order valence-electron chi connectivity index (χ3n) is 6.89. The largest absolute Gasteiger partial charge is 0.478 e. The Morgan fingerprint density at radius 2 is 0.957 bits per heavy atom. The van der Waals surface area contributed by atoms with Gasteiger partial charge in [0.25, 0.3) is 0 Å². The minimum Gasteiger partial charge on any atom is -0.478 e. The number of rotatable bonds is 9. The molecule has 1 fully saturated rings. The standard InChI is InChI=1S/C33H55N5O9/c1-31(2,3)45-27(39)22-35-14-12-34(21-26-20-25(30(42)43)10-11-38(26)44)13-15-36(23-28(40)46-32(4,5)6)17-19-37(18-16-35)24-29(41)47-33(7,8)9/h10-11,20H,12-19,21-24H2,1-9H3,(H-,42,43,44)/p+1. The molecular weight excluding hydrogens is 610 g/mol. The van der Waals surface area contributed by atoms with Crippen LogP contribution in [0.4, 0.5) is 0 Å². The van der Waals surface area contributed by atoms with Gasteiger partial charge in [-0.2, -0.15) is 0 Å². The zero-order valence-electron chi connectivity index (χ0n) is 29.7. The van der Waals surface area contributed by atoms with E-state index in [-0.39, 0.29) is 49.7 Å². The summed E-state index contributed by atoms with van der Waals surface area (Å²) in [4.78, 5) is 58.1. The highest BCUT2D eigenvalue weighted by atomic mass is 16.6.